The molecule has 154 valence electrons. The zero-order valence-corrected chi connectivity index (χ0v) is 19.1. The summed E-state index contributed by atoms with van der Waals surface area (Å²) in [6.07, 6.45) is 1.46. The van der Waals surface area contributed by atoms with Gasteiger partial charge in [0.05, 0.1) is 22.8 Å². The van der Waals surface area contributed by atoms with Crippen LogP contribution < -0.4 is 16.3 Å². The Morgan fingerprint density at radius 1 is 1.06 bits per heavy atom. The van der Waals surface area contributed by atoms with Crippen molar-refractivity contribution in [1.82, 2.24) is 15.0 Å². The van der Waals surface area contributed by atoms with E-state index in [-0.39, 0.29) is 10.7 Å². The van der Waals surface area contributed by atoms with Gasteiger partial charge in [0.25, 0.3) is 5.56 Å². The second-order valence-corrected chi connectivity index (χ2v) is 8.20. The molecule has 0 spiro atoms. The highest BCUT2D eigenvalue weighted by atomic mass is 79.9. The van der Waals surface area contributed by atoms with Crippen molar-refractivity contribution in [2.45, 2.75) is 0 Å². The van der Waals surface area contributed by atoms with Crippen LogP contribution in [-0.2, 0) is 0 Å². The lowest BCUT2D eigenvalue weighted by Crippen LogP contribution is -2.26. The zero-order chi connectivity index (χ0) is 21.8. The van der Waals surface area contributed by atoms with Gasteiger partial charge in [0.15, 0.2) is 10.9 Å². The summed E-state index contributed by atoms with van der Waals surface area (Å²) >= 11 is 14.6. The van der Waals surface area contributed by atoms with Gasteiger partial charge in [0, 0.05) is 15.2 Å². The van der Waals surface area contributed by atoms with E-state index in [1.54, 1.807) is 36.4 Å². The van der Waals surface area contributed by atoms with Gasteiger partial charge in [-0.25, -0.2) is 4.98 Å². The number of anilines is 1. The van der Waals surface area contributed by atoms with Crippen LogP contribution in [0.15, 0.2) is 87.2 Å². The maximum Gasteiger partial charge on any atom is 0.266 e. The Balaban J connectivity index is 1.65. The van der Waals surface area contributed by atoms with Gasteiger partial charge >= 0.3 is 0 Å². The number of fused-ring (bicyclic) bond motifs is 1. The van der Waals surface area contributed by atoms with Crippen LogP contribution in [0.4, 0.5) is 5.69 Å². The third-order valence-electron chi connectivity index (χ3n) is 4.33. The normalized spacial score (nSPS) is 11.0. The molecular formula is C22H15BrClN5OS. The number of nitrogens with zero attached hydrogens (tertiary/aromatic N) is 3. The maximum atomic E-state index is 13.2. The first-order valence-corrected chi connectivity index (χ1v) is 10.7. The Morgan fingerprint density at radius 2 is 1.77 bits per heavy atom. The number of thiocarbonyl (C=S) groups is 1. The number of benzene rings is 3. The van der Waals surface area contributed by atoms with Gasteiger partial charge in [-0.15, -0.1) is 0 Å². The van der Waals surface area contributed by atoms with Crippen LogP contribution in [0.3, 0.4) is 0 Å². The van der Waals surface area contributed by atoms with Crippen molar-refractivity contribution in [1.29, 1.82) is 0 Å². The van der Waals surface area contributed by atoms with Gasteiger partial charge in [-0.05, 0) is 72.9 Å². The van der Waals surface area contributed by atoms with Crippen molar-refractivity contribution in [3.8, 4) is 5.69 Å². The lowest BCUT2D eigenvalue weighted by Gasteiger charge is -2.11. The summed E-state index contributed by atoms with van der Waals surface area (Å²) in [5.41, 5.74) is 4.59. The molecule has 3 aromatic carbocycles. The number of nitrogens with one attached hydrogen (secondary N) is 2. The quantitative estimate of drug-likeness (QED) is 0.226. The minimum absolute atomic E-state index is 0.184. The minimum Gasteiger partial charge on any atom is -0.331 e. The summed E-state index contributed by atoms with van der Waals surface area (Å²) in [6.45, 7) is 0. The molecule has 0 unspecified atom stereocenters. The highest BCUT2D eigenvalue weighted by molar-refractivity contribution is 9.10. The molecule has 0 fully saturated rings. The van der Waals surface area contributed by atoms with Gasteiger partial charge in [0.1, 0.15) is 0 Å². The molecule has 0 aliphatic rings. The van der Waals surface area contributed by atoms with Crippen molar-refractivity contribution in [2.75, 3.05) is 5.32 Å². The van der Waals surface area contributed by atoms with Gasteiger partial charge in [-0.3, -0.25) is 14.8 Å². The summed E-state index contributed by atoms with van der Waals surface area (Å²) in [5, 5.41) is 8.62. The summed E-state index contributed by atoms with van der Waals surface area (Å²) in [4.78, 5) is 17.8. The van der Waals surface area contributed by atoms with E-state index in [9.17, 15) is 4.79 Å². The molecule has 1 aromatic heterocycles. The summed E-state index contributed by atoms with van der Waals surface area (Å²) in [6, 6.07) is 21.7. The highest BCUT2D eigenvalue weighted by Gasteiger charge is 2.11. The number of hydrogen-bond donors (Lipinski definition) is 2. The number of halogens is 2. The second kappa shape index (κ2) is 9.38. The fraction of sp³-hybridized carbons (Fsp3) is 0. The Labute approximate surface area is 196 Å². The highest BCUT2D eigenvalue weighted by Crippen LogP contribution is 2.16. The average Bonchev–Trinajstić information content (AvgIpc) is 2.77. The lowest BCUT2D eigenvalue weighted by atomic mass is 10.2. The number of hydrazone groups is 1. The van der Waals surface area contributed by atoms with Crippen molar-refractivity contribution < 1.29 is 0 Å². The molecule has 1 heterocycles. The fourth-order valence-corrected chi connectivity index (χ4v) is 3.48. The topological polar surface area (TPSA) is 71.3 Å². The largest absolute Gasteiger partial charge is 0.331 e. The Kier molecular flexibility index (Phi) is 6.41. The first kappa shape index (κ1) is 21.2. The van der Waals surface area contributed by atoms with Crippen LogP contribution in [0.1, 0.15) is 5.82 Å². The molecule has 0 atom stereocenters. The predicted octanol–water partition coefficient (Wildman–Crippen LogP) is 5.12. The molecule has 0 aliphatic carbocycles. The predicted molar refractivity (Wildman–Crippen MR) is 133 cm³/mol. The summed E-state index contributed by atoms with van der Waals surface area (Å²) in [7, 11) is 0. The number of para-hydroxylation sites is 1. The minimum atomic E-state index is -0.184. The molecule has 2 N–H and O–H groups in total. The standard InChI is InChI=1S/C22H15BrClN5OS/c23-14-5-11-17(12-6-14)29-20(27-19-4-2-1-3-18(19)21(29)30)13-25-28-22(31)26-16-9-7-15(24)8-10-16/h1-13H,(H2,26,28,31)/b25-13+. The zero-order valence-electron chi connectivity index (χ0n) is 15.9. The molecule has 0 aliphatic heterocycles. The molecule has 0 amide bonds. The van der Waals surface area contributed by atoms with Crippen LogP contribution in [0.5, 0.6) is 0 Å². The van der Waals surface area contributed by atoms with Crippen molar-refractivity contribution in [3.05, 3.63) is 98.5 Å². The molecular weight excluding hydrogens is 498 g/mol. The third kappa shape index (κ3) is 4.99. The number of hydrogen-bond acceptors (Lipinski definition) is 4. The molecule has 4 aromatic rings. The lowest BCUT2D eigenvalue weighted by molar-refractivity contribution is 0.939. The number of rotatable bonds is 4. The second-order valence-electron chi connectivity index (χ2n) is 6.44. The molecule has 31 heavy (non-hydrogen) atoms. The van der Waals surface area contributed by atoms with Crippen LogP contribution in [-0.4, -0.2) is 20.9 Å². The van der Waals surface area contributed by atoms with E-state index in [1.165, 1.54) is 10.8 Å². The van der Waals surface area contributed by atoms with E-state index in [0.29, 0.717) is 27.4 Å². The first-order valence-electron chi connectivity index (χ1n) is 9.14. The van der Waals surface area contributed by atoms with E-state index in [2.05, 4.69) is 36.8 Å². The summed E-state index contributed by atoms with van der Waals surface area (Å²) < 4.78 is 2.42. The third-order valence-corrected chi connectivity index (χ3v) is 5.31. The summed E-state index contributed by atoms with van der Waals surface area (Å²) in [5.74, 6) is 0.368. The van der Waals surface area contributed by atoms with Crippen LogP contribution in [0.2, 0.25) is 5.02 Å². The Bertz CT molecular complexity index is 1340. The van der Waals surface area contributed by atoms with Crippen molar-refractivity contribution in [3.63, 3.8) is 0 Å². The molecule has 0 radical (unpaired) electrons. The number of aromatic nitrogens is 2. The van der Waals surface area contributed by atoms with Gasteiger partial charge in [-0.1, -0.05) is 39.7 Å². The van der Waals surface area contributed by atoms with Gasteiger partial charge < -0.3 is 5.32 Å². The molecule has 9 heteroatoms. The van der Waals surface area contributed by atoms with Crippen molar-refractivity contribution in [2.24, 2.45) is 5.10 Å². The molecule has 6 nitrogen and oxygen atoms in total. The SMILES string of the molecule is O=c1c2ccccc2nc(/C=N/NC(=S)Nc2ccc(Cl)cc2)n1-c1ccc(Br)cc1. The fourth-order valence-electron chi connectivity index (χ4n) is 2.92. The van der Waals surface area contributed by atoms with Crippen LogP contribution >= 0.6 is 39.7 Å². The maximum absolute atomic E-state index is 13.2. The van der Waals surface area contributed by atoms with E-state index in [4.69, 9.17) is 23.8 Å². The molecule has 4 rings (SSSR count). The average molecular weight is 513 g/mol. The van der Waals surface area contributed by atoms with Crippen LogP contribution in [0, 0.1) is 0 Å². The van der Waals surface area contributed by atoms with Crippen LogP contribution in [0.25, 0.3) is 16.6 Å². The smallest absolute Gasteiger partial charge is 0.266 e. The van der Waals surface area contributed by atoms with Gasteiger partial charge in [0.2, 0.25) is 0 Å². The Morgan fingerprint density at radius 3 is 2.52 bits per heavy atom. The van der Waals surface area contributed by atoms with Gasteiger partial charge in [-0.2, -0.15) is 5.10 Å². The van der Waals surface area contributed by atoms with E-state index >= 15 is 0 Å². The Hall–Kier alpha value is -3.07. The monoisotopic (exact) mass is 511 g/mol. The molecule has 0 saturated heterocycles. The van der Waals surface area contributed by atoms with E-state index < -0.39 is 0 Å². The molecule has 0 saturated carbocycles. The van der Waals surface area contributed by atoms with Crippen molar-refractivity contribution >= 4 is 67.7 Å². The van der Waals surface area contributed by atoms with E-state index in [1.807, 2.05) is 36.4 Å². The molecule has 0 bridgehead atoms. The van der Waals surface area contributed by atoms with E-state index in [0.717, 1.165) is 10.2 Å². The first-order chi connectivity index (χ1) is 15.0.